The van der Waals surface area contributed by atoms with Crippen LogP contribution in [0.25, 0.3) is 0 Å². The Morgan fingerprint density at radius 2 is 1.83 bits per heavy atom. The van der Waals surface area contributed by atoms with Crippen molar-refractivity contribution in [2.24, 2.45) is 5.41 Å². The molecule has 0 saturated carbocycles. The number of carboxylic acids is 1. The molecule has 1 atom stereocenters. The number of aromatic nitrogens is 2. The smallest absolute Gasteiger partial charge is 0.335 e. The first-order chi connectivity index (χ1) is 16.6. The number of aromatic carboxylic acids is 1. The third-order valence-electron chi connectivity index (χ3n) is 6.61. The highest BCUT2D eigenvalue weighted by molar-refractivity contribution is 6.09. The third-order valence-corrected chi connectivity index (χ3v) is 6.61. The van der Waals surface area contributed by atoms with Crippen molar-refractivity contribution in [3.63, 3.8) is 0 Å². The Hall–Kier alpha value is -4.20. The maximum Gasteiger partial charge on any atom is 0.335 e. The molecule has 3 aromatic rings. The van der Waals surface area contributed by atoms with Gasteiger partial charge < -0.3 is 15.7 Å². The minimum atomic E-state index is -1.02. The van der Waals surface area contributed by atoms with Gasteiger partial charge >= 0.3 is 5.97 Å². The molecule has 8 nitrogen and oxygen atoms in total. The largest absolute Gasteiger partial charge is 0.478 e. The summed E-state index contributed by atoms with van der Waals surface area (Å²) in [5, 5.41) is 20.1. The molecule has 1 amide bonds. The molecule has 0 unspecified atom stereocenters. The minimum absolute atomic E-state index is 0.0168. The summed E-state index contributed by atoms with van der Waals surface area (Å²) < 4.78 is 1.65. The number of ketones is 1. The van der Waals surface area contributed by atoms with Crippen molar-refractivity contribution >= 4 is 29.2 Å². The maximum absolute atomic E-state index is 13.3. The number of anilines is 2. The van der Waals surface area contributed by atoms with Gasteiger partial charge in [-0.05, 0) is 48.1 Å². The van der Waals surface area contributed by atoms with E-state index >= 15 is 0 Å². The zero-order valence-electron chi connectivity index (χ0n) is 19.8. The number of hydrogen-bond donors (Lipinski definition) is 3. The molecule has 2 heterocycles. The summed E-state index contributed by atoms with van der Waals surface area (Å²) in [6.45, 7) is 6.01. The molecule has 8 heteroatoms. The topological polar surface area (TPSA) is 113 Å². The zero-order valence-corrected chi connectivity index (χ0v) is 19.8. The van der Waals surface area contributed by atoms with Crippen LogP contribution < -0.4 is 10.6 Å². The number of Topliss-reactive ketones (excluding diaryl/α,β-unsaturated/α-hetero) is 1. The number of amides is 1. The van der Waals surface area contributed by atoms with Crippen molar-refractivity contribution in [1.29, 1.82) is 0 Å². The summed E-state index contributed by atoms with van der Waals surface area (Å²) in [6.07, 6.45) is 2.54. The van der Waals surface area contributed by atoms with Crippen LogP contribution in [0.15, 0.2) is 66.0 Å². The van der Waals surface area contributed by atoms with Gasteiger partial charge in [0.1, 0.15) is 17.4 Å². The molecule has 2 aliphatic rings. The van der Waals surface area contributed by atoms with Crippen LogP contribution in [0.5, 0.6) is 0 Å². The number of para-hydroxylation sites is 1. The van der Waals surface area contributed by atoms with Gasteiger partial charge in [-0.1, -0.05) is 44.2 Å². The molecule has 0 saturated heterocycles. The fraction of sp³-hybridized carbons (Fsp3) is 0.259. The number of rotatable bonds is 4. The zero-order chi connectivity index (χ0) is 24.9. The van der Waals surface area contributed by atoms with E-state index in [9.17, 15) is 19.5 Å². The summed E-state index contributed by atoms with van der Waals surface area (Å²) >= 11 is 0. The minimum Gasteiger partial charge on any atom is -0.478 e. The average Bonchev–Trinajstić information content (AvgIpc) is 3.22. The third kappa shape index (κ3) is 4.01. The molecule has 0 spiro atoms. The van der Waals surface area contributed by atoms with Gasteiger partial charge in [-0.3, -0.25) is 9.59 Å². The number of fused-ring (bicyclic) bond motifs is 1. The van der Waals surface area contributed by atoms with Gasteiger partial charge in [0.25, 0.3) is 5.91 Å². The van der Waals surface area contributed by atoms with Gasteiger partial charge in [-0.2, -0.15) is 5.10 Å². The fourth-order valence-electron chi connectivity index (χ4n) is 4.90. The summed E-state index contributed by atoms with van der Waals surface area (Å²) in [6, 6.07) is 13.4. The van der Waals surface area contributed by atoms with E-state index in [0.29, 0.717) is 35.5 Å². The Balaban J connectivity index is 1.60. The predicted molar refractivity (Wildman–Crippen MR) is 132 cm³/mol. The summed E-state index contributed by atoms with van der Waals surface area (Å²) in [7, 11) is 0. The van der Waals surface area contributed by atoms with Crippen LogP contribution in [0.4, 0.5) is 11.5 Å². The lowest BCUT2D eigenvalue weighted by Crippen LogP contribution is -2.37. The van der Waals surface area contributed by atoms with E-state index in [4.69, 9.17) is 0 Å². The van der Waals surface area contributed by atoms with E-state index in [-0.39, 0.29) is 22.7 Å². The Morgan fingerprint density at radius 3 is 2.51 bits per heavy atom. The Labute approximate surface area is 202 Å². The van der Waals surface area contributed by atoms with Gasteiger partial charge in [-0.25, -0.2) is 9.48 Å². The Bertz CT molecular complexity index is 1400. The second-order valence-corrected chi connectivity index (χ2v) is 9.91. The molecule has 0 fully saturated rings. The van der Waals surface area contributed by atoms with Crippen molar-refractivity contribution in [1.82, 2.24) is 9.78 Å². The number of hydrogen-bond acceptors (Lipinski definition) is 5. The van der Waals surface area contributed by atoms with Crippen LogP contribution in [0.2, 0.25) is 0 Å². The lowest BCUT2D eigenvalue weighted by Gasteiger charge is -2.39. The lowest BCUT2D eigenvalue weighted by atomic mass is 9.73. The highest BCUT2D eigenvalue weighted by Gasteiger charge is 2.42. The fourth-order valence-corrected chi connectivity index (χ4v) is 4.90. The van der Waals surface area contributed by atoms with Crippen molar-refractivity contribution in [2.45, 2.75) is 39.7 Å². The lowest BCUT2D eigenvalue weighted by molar-refractivity contribution is -0.118. The number of nitrogens with one attached hydrogen (secondary N) is 2. The molecular formula is C27H26N4O4. The molecule has 0 radical (unpaired) electrons. The van der Waals surface area contributed by atoms with Crippen LogP contribution in [-0.4, -0.2) is 32.5 Å². The van der Waals surface area contributed by atoms with Gasteiger partial charge in [0.15, 0.2) is 5.78 Å². The first kappa shape index (κ1) is 22.6. The Kier molecular flexibility index (Phi) is 5.31. The number of aryl methyl sites for hydroxylation is 1. The van der Waals surface area contributed by atoms with Crippen LogP contribution >= 0.6 is 0 Å². The van der Waals surface area contributed by atoms with E-state index in [2.05, 4.69) is 15.7 Å². The van der Waals surface area contributed by atoms with Gasteiger partial charge in [-0.15, -0.1) is 0 Å². The Morgan fingerprint density at radius 1 is 1.11 bits per heavy atom. The van der Waals surface area contributed by atoms with Crippen LogP contribution in [-0.2, 0) is 4.79 Å². The van der Waals surface area contributed by atoms with E-state index in [1.165, 1.54) is 18.3 Å². The van der Waals surface area contributed by atoms with Gasteiger partial charge in [0.2, 0.25) is 0 Å². The number of benzene rings is 2. The molecule has 0 bridgehead atoms. The summed E-state index contributed by atoms with van der Waals surface area (Å²) in [4.78, 5) is 37.9. The van der Waals surface area contributed by atoms with E-state index in [1.807, 2.05) is 45.0 Å². The highest BCUT2D eigenvalue weighted by atomic mass is 16.4. The number of allylic oxidation sites excluding steroid dienone is 2. The molecule has 35 heavy (non-hydrogen) atoms. The quantitative estimate of drug-likeness (QED) is 0.505. The normalized spacial score (nSPS) is 18.4. The van der Waals surface area contributed by atoms with Gasteiger partial charge in [0.05, 0.1) is 11.8 Å². The van der Waals surface area contributed by atoms with Crippen molar-refractivity contribution in [3.8, 4) is 0 Å². The van der Waals surface area contributed by atoms with E-state index in [0.717, 1.165) is 16.8 Å². The van der Waals surface area contributed by atoms with Crippen LogP contribution in [0, 0.1) is 12.3 Å². The van der Waals surface area contributed by atoms with Crippen LogP contribution in [0.1, 0.15) is 64.6 Å². The number of nitrogens with zero attached hydrogens (tertiary/aromatic N) is 2. The highest BCUT2D eigenvalue weighted by Crippen LogP contribution is 2.46. The predicted octanol–water partition coefficient (Wildman–Crippen LogP) is 4.80. The van der Waals surface area contributed by atoms with Gasteiger partial charge in [0, 0.05) is 23.4 Å². The van der Waals surface area contributed by atoms with Crippen molar-refractivity contribution in [3.05, 3.63) is 88.3 Å². The van der Waals surface area contributed by atoms with Crippen molar-refractivity contribution < 1.29 is 19.5 Å². The van der Waals surface area contributed by atoms with Crippen LogP contribution in [0.3, 0.4) is 0 Å². The first-order valence-electron chi connectivity index (χ1n) is 11.5. The summed E-state index contributed by atoms with van der Waals surface area (Å²) in [5.41, 5.74) is 4.05. The molecule has 1 aromatic heterocycles. The summed E-state index contributed by atoms with van der Waals surface area (Å²) in [5.74, 6) is -0.804. The number of carboxylic acid groups (broad SMARTS) is 1. The second kappa shape index (κ2) is 8.23. The standard InChI is InChI=1S/C27H26N4O4/c1-15-6-4-5-7-19(15)30-25(33)18-14-28-31-23(16-8-10-17(11-9-16)26(34)35)22-20(29-24(18)31)12-27(2,3)13-21(22)32/h4-11,14,23,29H,12-13H2,1-3H3,(H,30,33)(H,34,35)/t23-/m1/s1. The second-order valence-electron chi connectivity index (χ2n) is 9.91. The van der Waals surface area contributed by atoms with E-state index < -0.39 is 12.0 Å². The van der Waals surface area contributed by atoms with Crippen molar-refractivity contribution in [2.75, 3.05) is 10.6 Å². The molecule has 1 aliphatic carbocycles. The molecular weight excluding hydrogens is 444 g/mol. The first-order valence-corrected chi connectivity index (χ1v) is 11.5. The molecule has 178 valence electrons. The molecule has 3 N–H and O–H groups in total. The average molecular weight is 471 g/mol. The molecule has 1 aliphatic heterocycles. The number of carbonyl (C=O) groups excluding carboxylic acids is 2. The maximum atomic E-state index is 13.3. The number of carbonyl (C=O) groups is 3. The molecule has 2 aromatic carbocycles. The monoisotopic (exact) mass is 470 g/mol. The SMILES string of the molecule is Cc1ccccc1NC(=O)c1cnn2c1NC1=C(C(=O)CC(C)(C)C1)[C@H]2c1ccc(C(=O)O)cc1. The van der Waals surface area contributed by atoms with E-state index in [1.54, 1.807) is 16.8 Å². The molecule has 5 rings (SSSR count).